The Hall–Kier alpha value is -3.91. The summed E-state index contributed by atoms with van der Waals surface area (Å²) in [7, 11) is 0. The lowest BCUT2D eigenvalue weighted by molar-refractivity contribution is 0.671. The Kier molecular flexibility index (Phi) is 7.12. The zero-order chi connectivity index (χ0) is 29.8. The Morgan fingerprint density at radius 3 is 2.49 bits per heavy atom. The highest BCUT2D eigenvalue weighted by atomic mass is 127. The second-order valence-corrected chi connectivity index (χ2v) is 15.4. The van der Waals surface area contributed by atoms with Gasteiger partial charge >= 0.3 is 0 Å². The first kappa shape index (κ1) is 27.9. The van der Waals surface area contributed by atoms with Gasteiger partial charge in [-0.15, -0.1) is 0 Å². The molecule has 0 atom stereocenters. The summed E-state index contributed by atoms with van der Waals surface area (Å²) in [4.78, 5) is 28.0. The average molecular weight is 789 g/mol. The van der Waals surface area contributed by atoms with Crippen molar-refractivity contribution < 1.29 is 0 Å². The third-order valence-electron chi connectivity index (χ3n) is 7.75. The number of nitrogens with two attached hydrogens (primary N) is 1. The van der Waals surface area contributed by atoms with E-state index in [1.54, 1.807) is 12.4 Å². The fraction of sp³-hybridized carbons (Fsp3) is 0.121. The molecule has 0 unspecified atom stereocenters. The molecule has 10 heteroatoms. The van der Waals surface area contributed by atoms with E-state index in [0.29, 0.717) is 23.4 Å². The Bertz CT molecular complexity index is 2270. The van der Waals surface area contributed by atoms with Crippen LogP contribution in [0.1, 0.15) is 24.4 Å². The summed E-state index contributed by atoms with van der Waals surface area (Å²) >= 11 is 4.73. The second kappa shape index (κ2) is 11.0. The van der Waals surface area contributed by atoms with Gasteiger partial charge in [-0.3, -0.25) is 9.36 Å². The number of hydrogen-bond donors (Lipinski definition) is 1. The highest BCUT2D eigenvalue weighted by Crippen LogP contribution is 2.38. The molecule has 0 spiro atoms. The number of fused-ring (bicyclic) bond motifs is 3. The lowest BCUT2D eigenvalue weighted by Crippen LogP contribution is -2.25. The maximum absolute atomic E-state index is 14.2. The maximum Gasteiger partial charge on any atom is 0.263 e. The van der Waals surface area contributed by atoms with Gasteiger partial charge < -0.3 is 5.73 Å². The van der Waals surface area contributed by atoms with Crippen molar-refractivity contribution in [3.63, 3.8) is 0 Å². The van der Waals surface area contributed by atoms with E-state index in [4.69, 9.17) is 15.8 Å². The van der Waals surface area contributed by atoms with Crippen LogP contribution in [-0.4, -0.2) is 29.3 Å². The number of aromatic nitrogens is 6. The molecule has 43 heavy (non-hydrogen) atoms. The SMILES string of the molecule is Cc1ccccc1-n1c(Cn2nc(-c3ccc4nc(N)ccc4c3)c3c(C(I)I)ncnc32)cc2cccc(C)c2c1=O. The fourth-order valence-electron chi connectivity index (χ4n) is 5.73. The van der Waals surface area contributed by atoms with Gasteiger partial charge in [-0.05, 0) is 66.8 Å². The summed E-state index contributed by atoms with van der Waals surface area (Å²) in [5.41, 5.74) is 13.6. The summed E-state index contributed by atoms with van der Waals surface area (Å²) in [6.07, 6.45) is 1.59. The van der Waals surface area contributed by atoms with E-state index < -0.39 is 0 Å². The molecule has 212 valence electrons. The van der Waals surface area contributed by atoms with Crippen molar-refractivity contribution >= 4 is 83.7 Å². The number of rotatable bonds is 5. The molecule has 0 radical (unpaired) electrons. The lowest BCUT2D eigenvalue weighted by atomic mass is 10.1. The van der Waals surface area contributed by atoms with Crippen LogP contribution in [0.5, 0.6) is 0 Å². The molecule has 0 fully saturated rings. The summed E-state index contributed by atoms with van der Waals surface area (Å²) in [6, 6.07) is 25.8. The molecular weight excluding hydrogens is 764 g/mol. The van der Waals surface area contributed by atoms with E-state index in [1.807, 2.05) is 83.8 Å². The van der Waals surface area contributed by atoms with Gasteiger partial charge in [0.1, 0.15) is 19.8 Å². The van der Waals surface area contributed by atoms with E-state index in [0.717, 1.165) is 61.1 Å². The molecular formula is C33H25I2N7O. The summed E-state index contributed by atoms with van der Waals surface area (Å²) in [6.45, 7) is 4.34. The highest BCUT2D eigenvalue weighted by molar-refractivity contribution is 14.2. The molecule has 4 aromatic heterocycles. The van der Waals surface area contributed by atoms with Gasteiger partial charge in [-0.2, -0.15) is 5.10 Å². The van der Waals surface area contributed by atoms with E-state index in [9.17, 15) is 4.79 Å². The van der Waals surface area contributed by atoms with Crippen molar-refractivity contribution in [2.45, 2.75) is 22.3 Å². The number of anilines is 1. The third kappa shape index (κ3) is 4.85. The van der Waals surface area contributed by atoms with Crippen molar-refractivity contribution in [2.24, 2.45) is 0 Å². The molecule has 7 aromatic rings. The van der Waals surface area contributed by atoms with Crippen LogP contribution in [0.4, 0.5) is 5.82 Å². The van der Waals surface area contributed by atoms with Crippen LogP contribution in [0, 0.1) is 13.8 Å². The van der Waals surface area contributed by atoms with E-state index in [1.165, 1.54) is 0 Å². The number of para-hydroxylation sites is 1. The first-order valence-electron chi connectivity index (χ1n) is 13.7. The second-order valence-electron chi connectivity index (χ2n) is 10.5. The minimum Gasteiger partial charge on any atom is -0.384 e. The quantitative estimate of drug-likeness (QED) is 0.144. The van der Waals surface area contributed by atoms with Gasteiger partial charge in [0.2, 0.25) is 0 Å². The summed E-state index contributed by atoms with van der Waals surface area (Å²) in [5.74, 6) is 0.480. The van der Waals surface area contributed by atoms with Gasteiger partial charge in [0.15, 0.2) is 5.65 Å². The molecule has 0 saturated heterocycles. The van der Waals surface area contributed by atoms with Gasteiger partial charge in [0.25, 0.3) is 5.56 Å². The first-order valence-corrected chi connectivity index (χ1v) is 16.2. The van der Waals surface area contributed by atoms with Crippen LogP contribution in [0.15, 0.2) is 90.0 Å². The predicted octanol–water partition coefficient (Wildman–Crippen LogP) is 7.46. The minimum atomic E-state index is -0.0483. The molecule has 0 aliphatic heterocycles. The standard InChI is InChI=1S/C33H25I2N7O/c1-18-6-3-4-9-25(18)42-23(15-21-8-5-7-19(2)27(21)33(42)43)16-41-32-28(30(31(34)35)37-17-38-32)29(40-41)22-10-12-24-20(14-22)11-13-26(36)39-24/h3-15,17,31H,16H2,1-2H3,(H2,36,39). The van der Waals surface area contributed by atoms with Gasteiger partial charge in [-0.1, -0.05) is 87.6 Å². The van der Waals surface area contributed by atoms with Crippen molar-refractivity contribution in [3.05, 3.63) is 118 Å². The average Bonchev–Trinajstić information content (AvgIpc) is 3.36. The molecule has 0 saturated carbocycles. The molecule has 7 rings (SSSR count). The summed E-state index contributed by atoms with van der Waals surface area (Å²) in [5, 5.41) is 8.62. The normalized spacial score (nSPS) is 11.7. The van der Waals surface area contributed by atoms with Crippen LogP contribution in [0.25, 0.3) is 49.7 Å². The number of benzene rings is 3. The van der Waals surface area contributed by atoms with Gasteiger partial charge in [-0.25, -0.2) is 19.6 Å². The molecule has 0 amide bonds. The van der Waals surface area contributed by atoms with Crippen molar-refractivity contribution in [2.75, 3.05) is 5.73 Å². The minimum absolute atomic E-state index is 0.0483. The Labute approximate surface area is 274 Å². The number of aryl methyl sites for hydroxylation is 2. The smallest absolute Gasteiger partial charge is 0.263 e. The maximum atomic E-state index is 14.2. The molecule has 4 heterocycles. The van der Waals surface area contributed by atoms with Crippen LogP contribution in [0.3, 0.4) is 0 Å². The van der Waals surface area contributed by atoms with Crippen molar-refractivity contribution in [1.29, 1.82) is 0 Å². The number of alkyl halides is 2. The lowest BCUT2D eigenvalue weighted by Gasteiger charge is -2.17. The van der Waals surface area contributed by atoms with Crippen LogP contribution in [-0.2, 0) is 6.54 Å². The molecule has 8 nitrogen and oxygen atoms in total. The van der Waals surface area contributed by atoms with Crippen LogP contribution < -0.4 is 11.3 Å². The van der Waals surface area contributed by atoms with Crippen LogP contribution >= 0.6 is 45.2 Å². The summed E-state index contributed by atoms with van der Waals surface area (Å²) < 4.78 is 3.81. The number of nitrogens with zero attached hydrogens (tertiary/aromatic N) is 6. The monoisotopic (exact) mass is 789 g/mol. The molecule has 0 bridgehead atoms. The van der Waals surface area contributed by atoms with Crippen LogP contribution in [0.2, 0.25) is 0 Å². The number of halogens is 2. The van der Waals surface area contributed by atoms with E-state index in [2.05, 4.69) is 67.3 Å². The van der Waals surface area contributed by atoms with Crippen molar-refractivity contribution in [3.8, 4) is 16.9 Å². The fourth-order valence-corrected chi connectivity index (χ4v) is 6.68. The van der Waals surface area contributed by atoms with Crippen molar-refractivity contribution in [1.82, 2.24) is 29.3 Å². The Morgan fingerprint density at radius 1 is 0.860 bits per heavy atom. The van der Waals surface area contributed by atoms with E-state index >= 15 is 0 Å². The first-order chi connectivity index (χ1) is 20.8. The van der Waals surface area contributed by atoms with Gasteiger partial charge in [0, 0.05) is 16.6 Å². The number of nitrogen functional groups attached to an aromatic ring is 1. The molecule has 0 aliphatic carbocycles. The number of hydrogen-bond acceptors (Lipinski definition) is 6. The van der Waals surface area contributed by atoms with Gasteiger partial charge in [0.05, 0.1) is 34.2 Å². The molecule has 3 aromatic carbocycles. The zero-order valence-electron chi connectivity index (χ0n) is 23.3. The number of pyridine rings is 2. The Morgan fingerprint density at radius 2 is 1.67 bits per heavy atom. The predicted molar refractivity (Wildman–Crippen MR) is 189 cm³/mol. The topological polar surface area (TPSA) is 105 Å². The molecule has 0 aliphatic rings. The van der Waals surface area contributed by atoms with E-state index in [-0.39, 0.29) is 7.49 Å². The largest absolute Gasteiger partial charge is 0.384 e. The third-order valence-corrected chi connectivity index (χ3v) is 8.93. The molecule has 2 N–H and O–H groups in total. The highest BCUT2D eigenvalue weighted by Gasteiger charge is 2.23. The Balaban J connectivity index is 1.49. The zero-order valence-corrected chi connectivity index (χ0v) is 27.6.